The van der Waals surface area contributed by atoms with Crippen LogP contribution >= 0.6 is 23.1 Å². The molecule has 1 aromatic carbocycles. The van der Waals surface area contributed by atoms with Crippen LogP contribution in [0.4, 0.5) is 10.8 Å². The van der Waals surface area contributed by atoms with E-state index in [-0.39, 0.29) is 12.2 Å². The number of carbonyl (C=O) groups is 1. The van der Waals surface area contributed by atoms with Gasteiger partial charge >= 0.3 is 0 Å². The molecule has 0 atom stereocenters. The van der Waals surface area contributed by atoms with Crippen LogP contribution in [-0.4, -0.2) is 40.1 Å². The molecule has 5 rings (SSSR count). The molecule has 0 radical (unpaired) electrons. The minimum absolute atomic E-state index is 0.0232. The molecule has 0 amide bonds. The summed E-state index contributed by atoms with van der Waals surface area (Å²) in [6.45, 7) is 1.88. The van der Waals surface area contributed by atoms with E-state index in [0.29, 0.717) is 27.4 Å². The molecule has 0 bridgehead atoms. The number of fused-ring (bicyclic) bond motifs is 1. The summed E-state index contributed by atoms with van der Waals surface area (Å²) < 4.78 is 6.02. The van der Waals surface area contributed by atoms with Crippen molar-refractivity contribution in [3.05, 3.63) is 64.8 Å². The molecule has 4 heterocycles. The van der Waals surface area contributed by atoms with Crippen LogP contribution in [0.15, 0.2) is 42.9 Å². The number of carbonyl (C=O) groups excluding carboxylic acids is 1. The van der Waals surface area contributed by atoms with Crippen LogP contribution in [-0.2, 0) is 13.5 Å². The van der Waals surface area contributed by atoms with Crippen molar-refractivity contribution in [2.75, 3.05) is 5.32 Å². The van der Waals surface area contributed by atoms with Crippen LogP contribution in [0.5, 0.6) is 0 Å². The van der Waals surface area contributed by atoms with Gasteiger partial charge in [-0.2, -0.15) is 19.6 Å². The fourth-order valence-corrected chi connectivity index (χ4v) is 4.24. The number of halogens is 1. The third-order valence-electron chi connectivity index (χ3n) is 5.13. The number of benzene rings is 1. The second-order valence-electron chi connectivity index (χ2n) is 7.22. The average Bonchev–Trinajstić information content (AvgIpc) is 3.52. The summed E-state index contributed by atoms with van der Waals surface area (Å²) in [5, 5.41) is 16.2. The first-order valence-corrected chi connectivity index (χ1v) is 10.8. The lowest BCUT2D eigenvalue weighted by atomic mass is 10.0. The van der Waals surface area contributed by atoms with Crippen LogP contribution < -0.4 is 5.32 Å². The number of rotatable bonds is 6. The van der Waals surface area contributed by atoms with Crippen LogP contribution in [0.2, 0.25) is 5.02 Å². The first kappa shape index (κ1) is 20.3. The second-order valence-corrected chi connectivity index (χ2v) is 8.34. The van der Waals surface area contributed by atoms with Crippen molar-refractivity contribution >= 4 is 50.6 Å². The molecular weight excluding hydrogens is 448 g/mol. The van der Waals surface area contributed by atoms with E-state index in [9.17, 15) is 4.79 Å². The van der Waals surface area contributed by atoms with Crippen molar-refractivity contribution < 1.29 is 4.79 Å². The Morgan fingerprint density at radius 1 is 1.28 bits per heavy atom. The Balaban J connectivity index is 1.39. The number of nitrogens with zero attached hydrogens (tertiary/aromatic N) is 6. The monoisotopic (exact) mass is 464 g/mol. The van der Waals surface area contributed by atoms with Crippen molar-refractivity contribution in [3.8, 4) is 11.4 Å². The number of aryl methyl sites for hydroxylation is 2. The molecule has 4 aromatic heterocycles. The summed E-state index contributed by atoms with van der Waals surface area (Å²) in [6.07, 6.45) is 5.23. The number of aromatic amines is 1. The highest BCUT2D eigenvalue weighted by molar-refractivity contribution is 7.10. The third-order valence-corrected chi connectivity index (χ3v) is 6.17. The second kappa shape index (κ2) is 8.13. The number of Topliss-reactive ketones (excluding diaryl/α,β-unsaturated/α-hetero) is 1. The first-order valence-electron chi connectivity index (χ1n) is 9.69. The van der Waals surface area contributed by atoms with Gasteiger partial charge in [-0.1, -0.05) is 11.6 Å². The Labute approximate surface area is 191 Å². The molecule has 5 aromatic rings. The summed E-state index contributed by atoms with van der Waals surface area (Å²) >= 11 is 7.70. The topological polar surface area (TPSA) is 114 Å². The van der Waals surface area contributed by atoms with E-state index in [0.717, 1.165) is 27.7 Å². The normalized spacial score (nSPS) is 11.2. The lowest BCUT2D eigenvalue weighted by Gasteiger charge is -2.07. The van der Waals surface area contributed by atoms with Crippen molar-refractivity contribution in [1.29, 1.82) is 0 Å². The molecule has 2 N–H and O–H groups in total. The van der Waals surface area contributed by atoms with E-state index < -0.39 is 0 Å². The lowest BCUT2D eigenvalue weighted by Crippen LogP contribution is -2.11. The van der Waals surface area contributed by atoms with Gasteiger partial charge in [-0.25, -0.2) is 0 Å². The van der Waals surface area contributed by atoms with Gasteiger partial charge in [0.25, 0.3) is 0 Å². The molecule has 0 aliphatic heterocycles. The van der Waals surface area contributed by atoms with Gasteiger partial charge in [0.05, 0.1) is 22.4 Å². The zero-order chi connectivity index (χ0) is 22.2. The minimum atomic E-state index is -0.0232. The maximum Gasteiger partial charge on any atom is 0.207 e. The number of pyridine rings is 1. The largest absolute Gasteiger partial charge is 0.329 e. The van der Waals surface area contributed by atoms with Crippen LogP contribution in [0, 0.1) is 6.92 Å². The molecule has 0 aliphatic carbocycles. The average molecular weight is 465 g/mol. The smallest absolute Gasteiger partial charge is 0.207 e. The van der Waals surface area contributed by atoms with Gasteiger partial charge in [0, 0.05) is 54.0 Å². The lowest BCUT2D eigenvalue weighted by molar-refractivity contribution is 0.0983. The zero-order valence-electron chi connectivity index (χ0n) is 17.1. The molecule has 0 unspecified atom stereocenters. The Morgan fingerprint density at radius 2 is 2.16 bits per heavy atom. The van der Waals surface area contributed by atoms with E-state index >= 15 is 0 Å². The van der Waals surface area contributed by atoms with E-state index in [2.05, 4.69) is 35.0 Å². The third kappa shape index (κ3) is 3.74. The predicted octanol–water partition coefficient (Wildman–Crippen LogP) is 4.34. The van der Waals surface area contributed by atoms with Crippen molar-refractivity contribution in [2.24, 2.45) is 7.05 Å². The number of hydrogen-bond donors (Lipinski definition) is 2. The highest BCUT2D eigenvalue weighted by Crippen LogP contribution is 2.33. The van der Waals surface area contributed by atoms with Gasteiger partial charge in [-0.3, -0.25) is 19.6 Å². The quantitative estimate of drug-likeness (QED) is 0.359. The highest BCUT2D eigenvalue weighted by Gasteiger charge is 2.16. The van der Waals surface area contributed by atoms with Crippen molar-refractivity contribution in [1.82, 2.24) is 34.3 Å². The molecule has 0 fully saturated rings. The Morgan fingerprint density at radius 3 is 2.97 bits per heavy atom. The summed E-state index contributed by atoms with van der Waals surface area (Å²) in [4.78, 5) is 21.7. The fraction of sp³-hybridized carbons (Fsp3) is 0.143. The SMILES string of the molecule is Cc1ncc(-c2nsc(Nc3ccc4[nH]ncc4c3Cl)n2)cc1CC(=O)c1ccnn1C. The van der Waals surface area contributed by atoms with E-state index in [4.69, 9.17) is 11.6 Å². The number of hydrogen-bond acceptors (Lipinski definition) is 8. The number of ketones is 1. The number of aromatic nitrogens is 7. The zero-order valence-corrected chi connectivity index (χ0v) is 18.7. The fourth-order valence-electron chi connectivity index (χ4n) is 3.38. The Bertz CT molecular complexity index is 1450. The first-order chi connectivity index (χ1) is 15.5. The molecular formula is C21H17ClN8OS. The summed E-state index contributed by atoms with van der Waals surface area (Å²) in [5.74, 6) is 0.504. The standard InChI is InChI=1S/C21H17ClN8OS/c1-11-12(8-18(31)17-5-6-25-30(17)2)7-13(9-23-11)20-27-21(32-29-20)26-16-4-3-15-14(19(16)22)10-24-28-15/h3-7,9-10H,8H2,1-2H3,(H,24,28)(H,26,27,29). The van der Waals surface area contributed by atoms with Gasteiger partial charge in [0.15, 0.2) is 11.6 Å². The van der Waals surface area contributed by atoms with Crippen molar-refractivity contribution in [2.45, 2.75) is 13.3 Å². The number of nitrogens with one attached hydrogen (secondary N) is 2. The predicted molar refractivity (Wildman–Crippen MR) is 124 cm³/mol. The maximum absolute atomic E-state index is 12.7. The van der Waals surface area contributed by atoms with Gasteiger partial charge in [0.2, 0.25) is 5.13 Å². The van der Waals surface area contributed by atoms with Crippen molar-refractivity contribution in [3.63, 3.8) is 0 Å². The number of H-pyrrole nitrogens is 1. The molecule has 0 saturated heterocycles. The van der Waals surface area contributed by atoms with Gasteiger partial charge < -0.3 is 5.32 Å². The van der Waals surface area contributed by atoms with Gasteiger partial charge in [-0.05, 0) is 36.8 Å². The van der Waals surface area contributed by atoms with E-state index in [1.54, 1.807) is 36.4 Å². The summed E-state index contributed by atoms with van der Waals surface area (Å²) in [6, 6.07) is 7.38. The Hall–Kier alpha value is -3.63. The van der Waals surface area contributed by atoms with Crippen LogP contribution in [0.25, 0.3) is 22.3 Å². The molecule has 160 valence electrons. The molecule has 0 spiro atoms. The van der Waals surface area contributed by atoms with Crippen LogP contribution in [0.3, 0.4) is 0 Å². The van der Waals surface area contributed by atoms with Gasteiger partial charge in [-0.15, -0.1) is 0 Å². The Kier molecular flexibility index (Phi) is 5.16. The molecule has 9 nitrogen and oxygen atoms in total. The summed E-state index contributed by atoms with van der Waals surface area (Å²) in [7, 11) is 1.75. The van der Waals surface area contributed by atoms with E-state index in [1.165, 1.54) is 11.5 Å². The molecule has 0 aliphatic rings. The van der Waals surface area contributed by atoms with Gasteiger partial charge in [0.1, 0.15) is 5.69 Å². The number of anilines is 2. The molecule has 11 heteroatoms. The van der Waals surface area contributed by atoms with E-state index in [1.807, 2.05) is 25.1 Å². The molecule has 32 heavy (non-hydrogen) atoms. The van der Waals surface area contributed by atoms with Crippen LogP contribution in [0.1, 0.15) is 21.7 Å². The maximum atomic E-state index is 12.7. The highest BCUT2D eigenvalue weighted by atomic mass is 35.5. The molecule has 0 saturated carbocycles. The summed E-state index contributed by atoms with van der Waals surface area (Å²) in [5.41, 5.74) is 4.48. The minimum Gasteiger partial charge on any atom is -0.329 e.